The number of fused-ring (bicyclic) bond motifs is 2. The SMILES string of the molecule is N=Cc1cc(C(=O)Nc2ccccc2-c2cc3ccccc3[nH]2)cc(-c2cc3ccccc3s2)c1N. The fourth-order valence-corrected chi connectivity index (χ4v) is 5.58. The molecule has 6 rings (SSSR count). The molecule has 6 aromatic rings. The number of hydrogen-bond donors (Lipinski definition) is 4. The number of nitrogen functional groups attached to an aromatic ring is 1. The molecule has 0 aliphatic rings. The molecule has 1 amide bonds. The molecule has 0 saturated heterocycles. The van der Waals surface area contributed by atoms with Crippen molar-refractivity contribution in [2.45, 2.75) is 0 Å². The lowest BCUT2D eigenvalue weighted by molar-refractivity contribution is 0.102. The number of thiophene rings is 1. The molecule has 4 aromatic carbocycles. The Morgan fingerprint density at radius 2 is 1.61 bits per heavy atom. The summed E-state index contributed by atoms with van der Waals surface area (Å²) >= 11 is 1.62. The van der Waals surface area contributed by atoms with E-state index in [-0.39, 0.29) is 5.91 Å². The van der Waals surface area contributed by atoms with E-state index in [0.717, 1.165) is 42.7 Å². The summed E-state index contributed by atoms with van der Waals surface area (Å²) in [6, 6.07) is 31.6. The normalized spacial score (nSPS) is 11.1. The minimum Gasteiger partial charge on any atom is -0.398 e. The van der Waals surface area contributed by atoms with Gasteiger partial charge in [0.2, 0.25) is 0 Å². The molecule has 2 heterocycles. The number of amides is 1. The van der Waals surface area contributed by atoms with Gasteiger partial charge in [-0.25, -0.2) is 0 Å². The van der Waals surface area contributed by atoms with Crippen LogP contribution in [-0.2, 0) is 0 Å². The van der Waals surface area contributed by atoms with Crippen LogP contribution in [0.2, 0.25) is 0 Å². The summed E-state index contributed by atoms with van der Waals surface area (Å²) in [7, 11) is 0. The van der Waals surface area contributed by atoms with Crippen LogP contribution < -0.4 is 11.1 Å². The number of benzene rings is 4. The van der Waals surface area contributed by atoms with Crippen molar-refractivity contribution in [1.82, 2.24) is 4.98 Å². The van der Waals surface area contributed by atoms with Crippen molar-refractivity contribution in [3.05, 3.63) is 108 Å². The van der Waals surface area contributed by atoms with Gasteiger partial charge in [0.25, 0.3) is 5.91 Å². The summed E-state index contributed by atoms with van der Waals surface area (Å²) < 4.78 is 1.14. The summed E-state index contributed by atoms with van der Waals surface area (Å²) in [6.07, 6.45) is 1.20. The van der Waals surface area contributed by atoms with Crippen LogP contribution in [0.15, 0.2) is 97.1 Å². The molecule has 5 nitrogen and oxygen atoms in total. The molecule has 2 aromatic heterocycles. The van der Waals surface area contributed by atoms with E-state index in [1.54, 1.807) is 17.4 Å². The maximum Gasteiger partial charge on any atom is 0.255 e. The Hall–Kier alpha value is -4.68. The van der Waals surface area contributed by atoms with Crippen LogP contribution in [0.5, 0.6) is 0 Å². The van der Waals surface area contributed by atoms with Crippen LogP contribution in [0.1, 0.15) is 15.9 Å². The Labute approximate surface area is 211 Å². The summed E-state index contributed by atoms with van der Waals surface area (Å²) in [6.45, 7) is 0. The molecule has 0 fully saturated rings. The van der Waals surface area contributed by atoms with Gasteiger partial charge in [-0.1, -0.05) is 54.6 Å². The predicted molar refractivity (Wildman–Crippen MR) is 151 cm³/mol. The van der Waals surface area contributed by atoms with E-state index < -0.39 is 0 Å². The molecule has 0 aliphatic carbocycles. The zero-order valence-corrected chi connectivity index (χ0v) is 20.0. The minimum absolute atomic E-state index is 0.260. The van der Waals surface area contributed by atoms with Crippen molar-refractivity contribution in [1.29, 1.82) is 5.41 Å². The van der Waals surface area contributed by atoms with Crippen LogP contribution in [0.4, 0.5) is 11.4 Å². The van der Waals surface area contributed by atoms with E-state index in [0.29, 0.717) is 22.5 Å². The van der Waals surface area contributed by atoms with Crippen LogP contribution in [0, 0.1) is 5.41 Å². The number of hydrogen-bond acceptors (Lipinski definition) is 4. The third-order valence-corrected chi connectivity index (χ3v) is 7.47. The lowest BCUT2D eigenvalue weighted by atomic mass is 10.0. The molecule has 0 bridgehead atoms. The summed E-state index contributed by atoms with van der Waals surface area (Å²) in [4.78, 5) is 17.9. The third-order valence-electron chi connectivity index (χ3n) is 6.32. The number of carbonyl (C=O) groups excluding carboxylic acids is 1. The highest BCUT2D eigenvalue weighted by Crippen LogP contribution is 2.38. The monoisotopic (exact) mass is 486 g/mol. The molecule has 36 heavy (non-hydrogen) atoms. The van der Waals surface area contributed by atoms with E-state index in [9.17, 15) is 4.79 Å². The lowest BCUT2D eigenvalue weighted by Crippen LogP contribution is -2.14. The molecular formula is C30H22N4OS. The molecule has 0 unspecified atom stereocenters. The highest BCUT2D eigenvalue weighted by molar-refractivity contribution is 7.22. The van der Waals surface area contributed by atoms with Gasteiger partial charge in [-0.15, -0.1) is 11.3 Å². The molecule has 0 atom stereocenters. The van der Waals surface area contributed by atoms with Gasteiger partial charge >= 0.3 is 0 Å². The molecule has 0 aliphatic heterocycles. The number of anilines is 2. The predicted octanol–water partition coefficient (Wildman–Crippen LogP) is 7.55. The van der Waals surface area contributed by atoms with Crippen molar-refractivity contribution < 1.29 is 4.79 Å². The number of carbonyl (C=O) groups is 1. The Bertz CT molecular complexity index is 1710. The summed E-state index contributed by atoms with van der Waals surface area (Å²) in [5.41, 5.74) is 12.2. The molecular weight excluding hydrogens is 464 g/mol. The standard InChI is InChI=1S/C30H22N4OS/c31-17-21-13-20(14-23(29(21)32)28-16-19-8-2-6-12-27(19)36-28)30(35)34-25-11-5-3-9-22(25)26-15-18-7-1-4-10-24(18)33-26/h1-17,31,33H,32H2,(H,34,35). The van der Waals surface area contributed by atoms with E-state index in [1.165, 1.54) is 6.21 Å². The summed E-state index contributed by atoms with van der Waals surface area (Å²) in [5, 5.41) is 13.2. The van der Waals surface area contributed by atoms with Gasteiger partial charge in [0, 0.05) is 60.3 Å². The zero-order chi connectivity index (χ0) is 24.6. The van der Waals surface area contributed by atoms with Crippen molar-refractivity contribution in [2.75, 3.05) is 11.1 Å². The first-order valence-electron chi connectivity index (χ1n) is 11.5. The number of para-hydroxylation sites is 2. The van der Waals surface area contributed by atoms with Crippen LogP contribution >= 0.6 is 11.3 Å². The number of rotatable bonds is 5. The second kappa shape index (κ2) is 8.83. The highest BCUT2D eigenvalue weighted by Gasteiger charge is 2.17. The number of nitrogens with one attached hydrogen (secondary N) is 3. The molecule has 6 heteroatoms. The molecule has 5 N–H and O–H groups in total. The quantitative estimate of drug-likeness (QED) is 0.150. The average Bonchev–Trinajstić information content (AvgIpc) is 3.53. The van der Waals surface area contributed by atoms with Gasteiger partial charge in [-0.3, -0.25) is 4.79 Å². The number of H-pyrrole nitrogens is 1. The Balaban J connectivity index is 1.39. The van der Waals surface area contributed by atoms with Gasteiger partial charge in [-0.05, 0) is 47.9 Å². The molecule has 0 saturated carbocycles. The minimum atomic E-state index is -0.260. The smallest absolute Gasteiger partial charge is 0.255 e. The molecule has 174 valence electrons. The van der Waals surface area contributed by atoms with E-state index in [2.05, 4.69) is 40.6 Å². The number of aromatic amines is 1. The Morgan fingerprint density at radius 3 is 2.42 bits per heavy atom. The van der Waals surface area contributed by atoms with E-state index in [4.69, 9.17) is 11.1 Å². The van der Waals surface area contributed by atoms with Gasteiger partial charge in [0.05, 0.1) is 5.69 Å². The Kier molecular flexibility index (Phi) is 5.36. The fourth-order valence-electron chi connectivity index (χ4n) is 4.48. The van der Waals surface area contributed by atoms with Crippen LogP contribution in [-0.4, -0.2) is 17.1 Å². The van der Waals surface area contributed by atoms with Crippen LogP contribution in [0.3, 0.4) is 0 Å². The maximum absolute atomic E-state index is 13.5. The van der Waals surface area contributed by atoms with Crippen LogP contribution in [0.25, 0.3) is 42.7 Å². The molecule has 0 radical (unpaired) electrons. The van der Waals surface area contributed by atoms with Gasteiger partial charge in [-0.2, -0.15) is 0 Å². The highest BCUT2D eigenvalue weighted by atomic mass is 32.1. The van der Waals surface area contributed by atoms with E-state index >= 15 is 0 Å². The maximum atomic E-state index is 13.5. The van der Waals surface area contributed by atoms with Gasteiger partial charge in [0.1, 0.15) is 0 Å². The lowest BCUT2D eigenvalue weighted by Gasteiger charge is -2.13. The van der Waals surface area contributed by atoms with Crippen molar-refractivity contribution in [2.24, 2.45) is 0 Å². The second-order valence-electron chi connectivity index (χ2n) is 8.59. The van der Waals surface area contributed by atoms with E-state index in [1.807, 2.05) is 60.7 Å². The number of aromatic nitrogens is 1. The number of nitrogens with two attached hydrogens (primary N) is 1. The zero-order valence-electron chi connectivity index (χ0n) is 19.2. The average molecular weight is 487 g/mol. The Morgan fingerprint density at radius 1 is 0.861 bits per heavy atom. The van der Waals surface area contributed by atoms with Crippen molar-refractivity contribution >= 4 is 55.8 Å². The van der Waals surface area contributed by atoms with Gasteiger partial charge in [0.15, 0.2) is 0 Å². The topological polar surface area (TPSA) is 94.8 Å². The second-order valence-corrected chi connectivity index (χ2v) is 9.67. The largest absolute Gasteiger partial charge is 0.398 e. The van der Waals surface area contributed by atoms with Crippen molar-refractivity contribution in [3.63, 3.8) is 0 Å². The van der Waals surface area contributed by atoms with Crippen molar-refractivity contribution in [3.8, 4) is 21.7 Å². The fraction of sp³-hybridized carbons (Fsp3) is 0. The third kappa shape index (κ3) is 3.83. The first-order chi connectivity index (χ1) is 17.6. The summed E-state index contributed by atoms with van der Waals surface area (Å²) in [5.74, 6) is -0.260. The van der Waals surface area contributed by atoms with Gasteiger partial charge < -0.3 is 21.4 Å². The first-order valence-corrected chi connectivity index (χ1v) is 12.3. The molecule has 0 spiro atoms. The first kappa shape index (κ1) is 21.8.